The highest BCUT2D eigenvalue weighted by Crippen LogP contribution is 2.63. The Bertz CT molecular complexity index is 4190. The molecule has 2 heteroatoms. The van der Waals surface area contributed by atoms with Crippen molar-refractivity contribution >= 4 is 60.4 Å². The van der Waals surface area contributed by atoms with Gasteiger partial charge in [0, 0.05) is 38.9 Å². The molecule has 0 saturated carbocycles. The minimum atomic E-state index is -0.436. The minimum absolute atomic E-state index is 0.436. The van der Waals surface area contributed by atoms with E-state index in [2.05, 4.69) is 276 Å². The zero-order valence-electron chi connectivity index (χ0n) is 38.8. The van der Waals surface area contributed by atoms with Crippen molar-refractivity contribution in [3.63, 3.8) is 0 Å². The maximum atomic E-state index is 2.48. The molecule has 13 aromatic rings. The molecular weight excluding hydrogens is 857 g/mol. The summed E-state index contributed by atoms with van der Waals surface area (Å²) in [6.45, 7) is 0. The van der Waals surface area contributed by atoms with Gasteiger partial charge in [-0.05, 0) is 138 Å². The van der Waals surface area contributed by atoms with Gasteiger partial charge in [0.1, 0.15) is 0 Å². The average molecular weight is 901 g/mol. The molecule has 0 aliphatic heterocycles. The molecular formula is C69H44N2. The lowest BCUT2D eigenvalue weighted by atomic mass is 9.70. The van der Waals surface area contributed by atoms with Crippen molar-refractivity contribution in [3.05, 3.63) is 289 Å². The van der Waals surface area contributed by atoms with Gasteiger partial charge in [-0.25, -0.2) is 0 Å². The van der Waals surface area contributed by atoms with Gasteiger partial charge in [-0.3, -0.25) is 0 Å². The van der Waals surface area contributed by atoms with Crippen LogP contribution in [0.2, 0.25) is 0 Å². The standard InChI is InChI=1S/C69H44N2/c1-2-16-45(17-3-1)46-30-36-49(37-31-46)70(52-42-43-58-57-22-10-14-28-64(57)69(65(58)44-52)62-26-12-8-20-55(62)56-21-9-13-27-63(56)69)50-38-32-47(33-39-50)48-34-40-51(41-35-48)71-66-29-15-11-25-61(66)67-59-23-6-4-18-53(59)54-19-5-7-24-60(54)68(67)71/h1-44H. The Labute approximate surface area is 412 Å². The number of rotatable bonds is 6. The Balaban J connectivity index is 0.859. The summed E-state index contributed by atoms with van der Waals surface area (Å²) in [6.07, 6.45) is 0. The second kappa shape index (κ2) is 15.4. The fourth-order valence-corrected chi connectivity index (χ4v) is 12.6. The average Bonchev–Trinajstić information content (AvgIpc) is 4.07. The van der Waals surface area contributed by atoms with E-state index in [0.29, 0.717) is 0 Å². The summed E-state index contributed by atoms with van der Waals surface area (Å²) in [5.41, 5.74) is 21.8. The maximum absolute atomic E-state index is 2.48. The normalized spacial score (nSPS) is 12.9. The molecule has 2 nitrogen and oxygen atoms in total. The van der Waals surface area contributed by atoms with Gasteiger partial charge in [0.2, 0.25) is 0 Å². The van der Waals surface area contributed by atoms with Crippen molar-refractivity contribution in [2.45, 2.75) is 5.41 Å². The van der Waals surface area contributed by atoms with Crippen LogP contribution in [0.5, 0.6) is 0 Å². The van der Waals surface area contributed by atoms with Crippen LogP contribution in [-0.2, 0) is 5.41 Å². The fourth-order valence-electron chi connectivity index (χ4n) is 12.6. The van der Waals surface area contributed by atoms with E-state index in [4.69, 9.17) is 0 Å². The molecule has 1 spiro atoms. The molecule has 0 bridgehead atoms. The van der Waals surface area contributed by atoms with Crippen LogP contribution in [-0.4, -0.2) is 4.57 Å². The predicted molar refractivity (Wildman–Crippen MR) is 298 cm³/mol. The molecule has 71 heavy (non-hydrogen) atoms. The number of hydrogen-bond donors (Lipinski definition) is 0. The van der Waals surface area contributed by atoms with Crippen molar-refractivity contribution in [2.75, 3.05) is 4.90 Å². The predicted octanol–water partition coefficient (Wildman–Crippen LogP) is 18.2. The number of aromatic nitrogens is 1. The third-order valence-electron chi connectivity index (χ3n) is 15.6. The summed E-state index contributed by atoms with van der Waals surface area (Å²) >= 11 is 0. The second-order valence-electron chi connectivity index (χ2n) is 19.1. The van der Waals surface area contributed by atoms with Crippen LogP contribution in [0.4, 0.5) is 17.1 Å². The first-order valence-corrected chi connectivity index (χ1v) is 24.7. The number of benzene rings is 12. The Morgan fingerprint density at radius 2 is 0.690 bits per heavy atom. The topological polar surface area (TPSA) is 8.17 Å². The third kappa shape index (κ3) is 5.71. The highest BCUT2D eigenvalue weighted by atomic mass is 15.1. The lowest BCUT2D eigenvalue weighted by Gasteiger charge is -2.32. The first-order valence-electron chi connectivity index (χ1n) is 24.7. The molecule has 2 aliphatic rings. The van der Waals surface area contributed by atoms with Gasteiger partial charge in [0.05, 0.1) is 16.4 Å². The van der Waals surface area contributed by atoms with Crippen molar-refractivity contribution in [2.24, 2.45) is 0 Å². The van der Waals surface area contributed by atoms with E-state index >= 15 is 0 Å². The zero-order chi connectivity index (χ0) is 46.6. The van der Waals surface area contributed by atoms with Crippen molar-refractivity contribution in [1.82, 2.24) is 4.57 Å². The summed E-state index contributed by atoms with van der Waals surface area (Å²) < 4.78 is 2.47. The molecule has 0 N–H and O–H groups in total. The Hall–Kier alpha value is -9.24. The Morgan fingerprint density at radius 3 is 1.27 bits per heavy atom. The monoisotopic (exact) mass is 900 g/mol. The number of hydrogen-bond acceptors (Lipinski definition) is 1. The molecule has 2 aliphatic carbocycles. The Kier molecular flexibility index (Phi) is 8.61. The quantitative estimate of drug-likeness (QED) is 0.151. The van der Waals surface area contributed by atoms with Crippen LogP contribution in [0.1, 0.15) is 22.3 Å². The van der Waals surface area contributed by atoms with E-state index in [1.54, 1.807) is 0 Å². The van der Waals surface area contributed by atoms with Gasteiger partial charge >= 0.3 is 0 Å². The highest BCUT2D eigenvalue weighted by Gasteiger charge is 2.51. The molecule has 330 valence electrons. The smallest absolute Gasteiger partial charge is 0.0726 e. The van der Waals surface area contributed by atoms with Crippen LogP contribution in [0.25, 0.3) is 93.5 Å². The van der Waals surface area contributed by atoms with Gasteiger partial charge < -0.3 is 9.47 Å². The summed E-state index contributed by atoms with van der Waals surface area (Å²) in [7, 11) is 0. The lowest BCUT2D eigenvalue weighted by Crippen LogP contribution is -2.26. The number of para-hydroxylation sites is 1. The fraction of sp³-hybridized carbons (Fsp3) is 0.0145. The number of nitrogens with zero attached hydrogens (tertiary/aromatic N) is 2. The first kappa shape index (κ1) is 39.7. The molecule has 0 saturated heterocycles. The van der Waals surface area contributed by atoms with Crippen LogP contribution in [0.3, 0.4) is 0 Å². The SMILES string of the molecule is c1ccc(-c2ccc(N(c3ccc(-c4ccc(-n5c6ccccc6c6c7ccccc7c7ccccc7c65)cc4)cc3)c3ccc4c(c3)C3(c5ccccc5-c5ccccc53)c3ccccc3-4)cc2)cc1. The van der Waals surface area contributed by atoms with Gasteiger partial charge in [-0.1, -0.05) is 212 Å². The summed E-state index contributed by atoms with van der Waals surface area (Å²) in [6, 6.07) is 98.9. The van der Waals surface area contributed by atoms with E-state index in [0.717, 1.165) is 22.7 Å². The molecule has 0 radical (unpaired) electrons. The maximum Gasteiger partial charge on any atom is 0.0726 e. The molecule has 0 fully saturated rings. The van der Waals surface area contributed by atoms with Crippen LogP contribution >= 0.6 is 0 Å². The molecule has 1 heterocycles. The van der Waals surface area contributed by atoms with Crippen LogP contribution in [0, 0.1) is 0 Å². The molecule has 0 atom stereocenters. The van der Waals surface area contributed by atoms with E-state index in [1.165, 1.54) is 110 Å². The molecule has 0 unspecified atom stereocenters. The van der Waals surface area contributed by atoms with E-state index < -0.39 is 5.41 Å². The van der Waals surface area contributed by atoms with Crippen molar-refractivity contribution < 1.29 is 0 Å². The van der Waals surface area contributed by atoms with Gasteiger partial charge in [-0.2, -0.15) is 0 Å². The zero-order valence-corrected chi connectivity index (χ0v) is 38.8. The summed E-state index contributed by atoms with van der Waals surface area (Å²) in [5, 5.41) is 7.68. The van der Waals surface area contributed by atoms with E-state index in [-0.39, 0.29) is 0 Å². The van der Waals surface area contributed by atoms with E-state index in [9.17, 15) is 0 Å². The molecule has 0 amide bonds. The van der Waals surface area contributed by atoms with Gasteiger partial charge in [0.15, 0.2) is 0 Å². The van der Waals surface area contributed by atoms with Crippen molar-refractivity contribution in [1.29, 1.82) is 0 Å². The van der Waals surface area contributed by atoms with E-state index in [1.807, 2.05) is 0 Å². The van der Waals surface area contributed by atoms with Gasteiger partial charge in [0.25, 0.3) is 0 Å². The largest absolute Gasteiger partial charge is 0.310 e. The molecule has 15 rings (SSSR count). The van der Waals surface area contributed by atoms with Crippen LogP contribution in [0.15, 0.2) is 267 Å². The van der Waals surface area contributed by atoms with Crippen molar-refractivity contribution in [3.8, 4) is 50.2 Å². The molecule has 1 aromatic heterocycles. The van der Waals surface area contributed by atoms with Gasteiger partial charge in [-0.15, -0.1) is 0 Å². The Morgan fingerprint density at radius 1 is 0.282 bits per heavy atom. The summed E-state index contributed by atoms with van der Waals surface area (Å²) in [4.78, 5) is 2.43. The number of anilines is 3. The number of fused-ring (bicyclic) bond motifs is 18. The minimum Gasteiger partial charge on any atom is -0.310 e. The summed E-state index contributed by atoms with van der Waals surface area (Å²) in [5.74, 6) is 0. The van der Waals surface area contributed by atoms with Crippen LogP contribution < -0.4 is 4.90 Å². The lowest BCUT2D eigenvalue weighted by molar-refractivity contribution is 0.793. The highest BCUT2D eigenvalue weighted by molar-refractivity contribution is 6.32. The second-order valence-corrected chi connectivity index (χ2v) is 19.1. The molecule has 12 aromatic carbocycles. The third-order valence-corrected chi connectivity index (χ3v) is 15.6. The first-order chi connectivity index (χ1) is 35.2.